The third kappa shape index (κ3) is 4.05. The molecule has 1 unspecified atom stereocenters. The van der Waals surface area contributed by atoms with E-state index in [1.807, 2.05) is 19.1 Å². The zero-order valence-corrected chi connectivity index (χ0v) is 16.6. The summed E-state index contributed by atoms with van der Waals surface area (Å²) < 4.78 is 28.9. The van der Waals surface area contributed by atoms with Crippen LogP contribution in [0.3, 0.4) is 0 Å². The summed E-state index contributed by atoms with van der Waals surface area (Å²) in [6.45, 7) is 3.23. The Hall–Kier alpha value is -1.57. The van der Waals surface area contributed by atoms with Crippen LogP contribution in [-0.4, -0.2) is 43.0 Å². The van der Waals surface area contributed by atoms with Gasteiger partial charge in [0.05, 0.1) is 27.1 Å². The van der Waals surface area contributed by atoms with Crippen molar-refractivity contribution in [3.63, 3.8) is 0 Å². The predicted molar refractivity (Wildman–Crippen MR) is 102 cm³/mol. The van der Waals surface area contributed by atoms with Gasteiger partial charge in [0.2, 0.25) is 0 Å². The molecule has 6 nitrogen and oxygen atoms in total. The van der Waals surface area contributed by atoms with E-state index in [1.54, 1.807) is 13.0 Å². The number of benzene rings is 1. The lowest BCUT2D eigenvalue weighted by molar-refractivity contribution is -0.124. The second-order valence-corrected chi connectivity index (χ2v) is 9.76. The molecule has 1 saturated heterocycles. The third-order valence-electron chi connectivity index (χ3n) is 4.27. The Bertz CT molecular complexity index is 994. The molecule has 1 N–H and O–H groups in total. The van der Waals surface area contributed by atoms with Crippen molar-refractivity contribution in [1.29, 1.82) is 0 Å². The van der Waals surface area contributed by atoms with Crippen molar-refractivity contribution in [2.45, 2.75) is 25.8 Å². The van der Waals surface area contributed by atoms with Crippen LogP contribution >= 0.6 is 23.2 Å². The average molecular weight is 417 g/mol. The van der Waals surface area contributed by atoms with Crippen LogP contribution in [-0.2, 0) is 14.6 Å². The number of fused-ring (bicyclic) bond motifs is 1. The lowest BCUT2D eigenvalue weighted by Gasteiger charge is -2.24. The summed E-state index contributed by atoms with van der Waals surface area (Å²) in [7, 11) is -3.11. The van der Waals surface area contributed by atoms with Crippen molar-refractivity contribution >= 4 is 49.8 Å². The Morgan fingerprint density at radius 3 is 2.73 bits per heavy atom. The Labute approximate surface area is 161 Å². The minimum absolute atomic E-state index is 0.0709. The Balaban J connectivity index is 1.78. The summed E-state index contributed by atoms with van der Waals surface area (Å²) in [5.74, 6) is -0.149. The highest BCUT2D eigenvalue weighted by Crippen LogP contribution is 2.37. The zero-order chi connectivity index (χ0) is 19.1. The summed E-state index contributed by atoms with van der Waals surface area (Å²) >= 11 is 12.4. The van der Waals surface area contributed by atoms with Crippen LogP contribution < -0.4 is 10.1 Å². The molecule has 0 saturated carbocycles. The molecule has 0 aliphatic carbocycles. The molecule has 26 heavy (non-hydrogen) atoms. The van der Waals surface area contributed by atoms with Crippen LogP contribution in [0.25, 0.3) is 10.9 Å². The van der Waals surface area contributed by atoms with Gasteiger partial charge in [-0.3, -0.25) is 4.79 Å². The fourth-order valence-electron chi connectivity index (χ4n) is 3.05. The summed E-state index contributed by atoms with van der Waals surface area (Å²) in [5, 5.41) is 4.11. The van der Waals surface area contributed by atoms with Crippen LogP contribution in [0.2, 0.25) is 10.0 Å². The first-order chi connectivity index (χ1) is 12.1. The molecule has 0 radical (unpaired) electrons. The Morgan fingerprint density at radius 2 is 2.08 bits per heavy atom. The number of ether oxygens (including phenoxy) is 1. The van der Waals surface area contributed by atoms with Gasteiger partial charge in [-0.15, -0.1) is 0 Å². The number of nitrogens with zero attached hydrogens (tertiary/aromatic N) is 1. The van der Waals surface area contributed by atoms with Gasteiger partial charge in [0.15, 0.2) is 22.2 Å². The number of carbonyl (C=O) groups excluding carboxylic acids is 1. The Kier molecular flexibility index (Phi) is 5.07. The van der Waals surface area contributed by atoms with Gasteiger partial charge in [-0.2, -0.15) is 0 Å². The molecule has 1 aromatic heterocycles. The second-order valence-electron chi connectivity index (χ2n) is 6.76. The summed E-state index contributed by atoms with van der Waals surface area (Å²) in [5.41, 5.74) is 0.457. The number of sulfone groups is 1. The van der Waals surface area contributed by atoms with E-state index < -0.39 is 21.3 Å². The lowest BCUT2D eigenvalue weighted by Crippen LogP contribution is -2.48. The molecule has 1 aliphatic rings. The number of aromatic nitrogens is 1. The number of nitrogens with one attached hydrogen (secondary N) is 1. The summed E-state index contributed by atoms with van der Waals surface area (Å²) in [6.07, 6.45) is 0.381. The molecule has 3 rings (SSSR count). The molecule has 0 bridgehead atoms. The fraction of sp³-hybridized carbons (Fsp3) is 0.412. The number of aryl methyl sites for hydroxylation is 1. The normalized spacial score (nSPS) is 21.7. The monoisotopic (exact) mass is 416 g/mol. The van der Waals surface area contributed by atoms with Gasteiger partial charge < -0.3 is 10.1 Å². The molecule has 2 aromatic rings. The fourth-order valence-corrected chi connectivity index (χ4v) is 5.71. The first-order valence-corrected chi connectivity index (χ1v) is 10.6. The first-order valence-electron chi connectivity index (χ1n) is 7.98. The minimum atomic E-state index is -3.11. The van der Waals surface area contributed by atoms with Gasteiger partial charge in [-0.1, -0.05) is 23.2 Å². The van der Waals surface area contributed by atoms with E-state index in [0.29, 0.717) is 22.3 Å². The number of carbonyl (C=O) groups is 1. The highest BCUT2D eigenvalue weighted by atomic mass is 35.5. The van der Waals surface area contributed by atoms with Crippen LogP contribution in [0, 0.1) is 6.92 Å². The third-order valence-corrected chi connectivity index (χ3v) is 6.77. The van der Waals surface area contributed by atoms with E-state index >= 15 is 0 Å². The molecular weight excluding hydrogens is 399 g/mol. The number of amides is 1. The SMILES string of the molecule is Cc1ccc2c(Cl)cc(Cl)c(OCC(=O)NC3(C)CCS(=O)(=O)C3)c2n1. The molecular formula is C17H18Cl2N2O4S. The van der Waals surface area contributed by atoms with Crippen molar-refractivity contribution < 1.29 is 17.9 Å². The van der Waals surface area contributed by atoms with Crippen molar-refractivity contribution in [2.24, 2.45) is 0 Å². The first kappa shape index (κ1) is 19.2. The van der Waals surface area contributed by atoms with Crippen LogP contribution in [0.4, 0.5) is 0 Å². The van der Waals surface area contributed by atoms with Gasteiger partial charge in [-0.25, -0.2) is 13.4 Å². The van der Waals surface area contributed by atoms with E-state index in [4.69, 9.17) is 27.9 Å². The molecule has 1 aliphatic heterocycles. The standard InChI is InChI=1S/C17H18Cl2N2O4S/c1-10-3-4-11-12(18)7-13(19)16(15(11)20-10)25-8-14(22)21-17(2)5-6-26(23,24)9-17/h3-4,7H,5-6,8-9H2,1-2H3,(H,21,22). The number of hydrogen-bond donors (Lipinski definition) is 1. The smallest absolute Gasteiger partial charge is 0.258 e. The number of rotatable bonds is 4. The van der Waals surface area contributed by atoms with E-state index in [-0.39, 0.29) is 28.9 Å². The molecule has 1 fully saturated rings. The number of halogens is 2. The lowest BCUT2D eigenvalue weighted by atomic mass is 10.0. The molecule has 1 aromatic carbocycles. The summed E-state index contributed by atoms with van der Waals surface area (Å²) in [4.78, 5) is 16.7. The highest BCUT2D eigenvalue weighted by Gasteiger charge is 2.39. The maximum atomic E-state index is 12.2. The molecule has 9 heteroatoms. The van der Waals surface area contributed by atoms with Crippen LogP contribution in [0.1, 0.15) is 19.0 Å². The predicted octanol–water partition coefficient (Wildman–Crippen LogP) is 2.92. The van der Waals surface area contributed by atoms with E-state index in [0.717, 1.165) is 5.69 Å². The molecule has 1 amide bonds. The van der Waals surface area contributed by atoms with E-state index in [9.17, 15) is 13.2 Å². The van der Waals surface area contributed by atoms with Crippen molar-refractivity contribution in [2.75, 3.05) is 18.1 Å². The Morgan fingerprint density at radius 1 is 1.35 bits per heavy atom. The minimum Gasteiger partial charge on any atom is -0.480 e. The molecule has 1 atom stereocenters. The van der Waals surface area contributed by atoms with E-state index in [2.05, 4.69) is 10.3 Å². The van der Waals surface area contributed by atoms with E-state index in [1.165, 1.54) is 0 Å². The maximum Gasteiger partial charge on any atom is 0.258 e. The highest BCUT2D eigenvalue weighted by molar-refractivity contribution is 7.91. The zero-order valence-electron chi connectivity index (χ0n) is 14.3. The van der Waals surface area contributed by atoms with Gasteiger partial charge in [0, 0.05) is 11.1 Å². The van der Waals surface area contributed by atoms with Crippen LogP contribution in [0.15, 0.2) is 18.2 Å². The second kappa shape index (κ2) is 6.87. The van der Waals surface area contributed by atoms with Gasteiger partial charge in [-0.05, 0) is 38.5 Å². The topological polar surface area (TPSA) is 85.4 Å². The molecule has 0 spiro atoms. The van der Waals surface area contributed by atoms with Crippen molar-refractivity contribution in [3.8, 4) is 5.75 Å². The molecule has 2 heterocycles. The van der Waals surface area contributed by atoms with Crippen molar-refractivity contribution in [1.82, 2.24) is 10.3 Å². The average Bonchev–Trinajstić information content (AvgIpc) is 2.79. The van der Waals surface area contributed by atoms with Crippen molar-refractivity contribution in [3.05, 3.63) is 33.9 Å². The summed E-state index contributed by atoms with van der Waals surface area (Å²) in [6, 6.07) is 5.17. The van der Waals surface area contributed by atoms with Gasteiger partial charge >= 0.3 is 0 Å². The van der Waals surface area contributed by atoms with Crippen LogP contribution in [0.5, 0.6) is 5.75 Å². The molecule has 140 valence electrons. The van der Waals surface area contributed by atoms with Gasteiger partial charge in [0.1, 0.15) is 5.52 Å². The number of hydrogen-bond acceptors (Lipinski definition) is 5. The van der Waals surface area contributed by atoms with Gasteiger partial charge in [0.25, 0.3) is 5.91 Å². The quantitative estimate of drug-likeness (QED) is 0.827. The largest absolute Gasteiger partial charge is 0.480 e. The maximum absolute atomic E-state index is 12.2. The number of pyridine rings is 1.